The molecule has 6 heteroatoms. The summed E-state index contributed by atoms with van der Waals surface area (Å²) in [6.07, 6.45) is 0.396. The van der Waals surface area contributed by atoms with Crippen LogP contribution in [0.5, 0.6) is 0 Å². The number of halogens is 3. The third-order valence-electron chi connectivity index (χ3n) is 3.16. The molecule has 0 aliphatic carbocycles. The fourth-order valence-corrected chi connectivity index (χ4v) is 2.72. The van der Waals surface area contributed by atoms with Gasteiger partial charge in [0.15, 0.2) is 0 Å². The second-order valence-electron chi connectivity index (χ2n) is 4.79. The van der Waals surface area contributed by atoms with Gasteiger partial charge in [-0.05, 0) is 31.0 Å². The minimum Gasteiger partial charge on any atom is -0.392 e. The summed E-state index contributed by atoms with van der Waals surface area (Å²) in [4.78, 5) is 0. The third-order valence-corrected chi connectivity index (χ3v) is 4.38. The molecule has 0 amide bonds. The van der Waals surface area contributed by atoms with E-state index in [2.05, 4.69) is 5.10 Å². The molecule has 1 N–H and O–H groups in total. The predicted molar refractivity (Wildman–Crippen MR) is 82.8 cm³/mol. The highest BCUT2D eigenvalue weighted by Gasteiger charge is 2.16. The van der Waals surface area contributed by atoms with Crippen molar-refractivity contribution in [2.24, 2.45) is 7.05 Å². The van der Waals surface area contributed by atoms with Crippen molar-refractivity contribution < 1.29 is 5.11 Å². The Balaban J connectivity index is 2.08. The van der Waals surface area contributed by atoms with Gasteiger partial charge in [-0.15, -0.1) is 0 Å². The van der Waals surface area contributed by atoms with Crippen molar-refractivity contribution in [2.45, 2.75) is 25.9 Å². The number of rotatable bonds is 4. The van der Waals surface area contributed by atoms with E-state index in [1.807, 2.05) is 13.0 Å². The van der Waals surface area contributed by atoms with Gasteiger partial charge in [0, 0.05) is 19.0 Å². The van der Waals surface area contributed by atoms with E-state index in [0.29, 0.717) is 28.0 Å². The van der Waals surface area contributed by atoms with E-state index in [1.54, 1.807) is 23.9 Å². The molecule has 1 heterocycles. The maximum absolute atomic E-state index is 10.2. The lowest BCUT2D eigenvalue weighted by Gasteiger charge is -2.11. The maximum Gasteiger partial charge on any atom is 0.130 e. The minimum atomic E-state index is -0.548. The largest absolute Gasteiger partial charge is 0.392 e. The number of aromatic nitrogens is 2. The van der Waals surface area contributed by atoms with E-state index in [-0.39, 0.29) is 0 Å². The first kappa shape index (κ1) is 15.6. The van der Waals surface area contributed by atoms with Gasteiger partial charge < -0.3 is 5.11 Å². The molecule has 3 nitrogen and oxygen atoms in total. The highest BCUT2D eigenvalue weighted by Crippen LogP contribution is 2.25. The zero-order chi connectivity index (χ0) is 14.9. The van der Waals surface area contributed by atoms with Crippen LogP contribution in [-0.4, -0.2) is 21.0 Å². The Hall–Kier alpha value is -0.740. The first-order valence-corrected chi connectivity index (χ1v) is 7.32. The lowest BCUT2D eigenvalue weighted by atomic mass is 10.0. The van der Waals surface area contributed by atoms with Crippen LogP contribution in [0.15, 0.2) is 18.2 Å². The summed E-state index contributed by atoms with van der Waals surface area (Å²) in [7, 11) is 1.78. The van der Waals surface area contributed by atoms with Crippen molar-refractivity contribution >= 4 is 34.8 Å². The molecule has 1 aromatic carbocycles. The highest BCUT2D eigenvalue weighted by molar-refractivity contribution is 6.42. The summed E-state index contributed by atoms with van der Waals surface area (Å²) in [5.41, 5.74) is 2.65. The third kappa shape index (κ3) is 3.47. The molecule has 0 spiro atoms. The molecule has 1 unspecified atom stereocenters. The fraction of sp³-hybridized carbons (Fsp3) is 0.357. The van der Waals surface area contributed by atoms with Gasteiger partial charge in [-0.2, -0.15) is 5.10 Å². The molecule has 108 valence electrons. The van der Waals surface area contributed by atoms with Crippen LogP contribution in [0.2, 0.25) is 15.2 Å². The van der Waals surface area contributed by atoms with Crippen molar-refractivity contribution in [2.75, 3.05) is 0 Å². The van der Waals surface area contributed by atoms with E-state index < -0.39 is 6.10 Å². The van der Waals surface area contributed by atoms with Gasteiger partial charge >= 0.3 is 0 Å². The Morgan fingerprint density at radius 2 is 1.90 bits per heavy atom. The molecule has 1 aromatic heterocycles. The normalized spacial score (nSPS) is 12.7. The number of benzene rings is 1. The zero-order valence-electron chi connectivity index (χ0n) is 11.2. The SMILES string of the molecule is Cc1nn(C)c(Cl)c1CC(O)Cc1ccc(Cl)c(Cl)c1. The molecule has 0 aliphatic rings. The zero-order valence-corrected chi connectivity index (χ0v) is 13.5. The summed E-state index contributed by atoms with van der Waals surface area (Å²) in [6.45, 7) is 1.88. The van der Waals surface area contributed by atoms with Gasteiger partial charge in [-0.3, -0.25) is 4.68 Å². The molecule has 2 aromatic rings. The molecule has 0 radical (unpaired) electrons. The van der Waals surface area contributed by atoms with Crippen LogP contribution in [-0.2, 0) is 19.9 Å². The lowest BCUT2D eigenvalue weighted by Crippen LogP contribution is -2.14. The standard InChI is InChI=1S/C14H15Cl3N2O/c1-8-11(14(17)19(2)18-8)7-10(20)5-9-3-4-12(15)13(16)6-9/h3-4,6,10,20H,5,7H2,1-2H3. The number of aliphatic hydroxyl groups is 1. The Bertz CT molecular complexity index is 625. The monoisotopic (exact) mass is 332 g/mol. The number of aliphatic hydroxyl groups excluding tert-OH is 1. The quantitative estimate of drug-likeness (QED) is 0.923. The topological polar surface area (TPSA) is 38.0 Å². The van der Waals surface area contributed by atoms with Gasteiger partial charge in [0.1, 0.15) is 5.15 Å². The first-order chi connectivity index (χ1) is 9.38. The molecule has 0 bridgehead atoms. The van der Waals surface area contributed by atoms with Gasteiger partial charge in [0.05, 0.1) is 21.8 Å². The fourth-order valence-electron chi connectivity index (χ4n) is 2.15. The second-order valence-corrected chi connectivity index (χ2v) is 5.96. The number of aryl methyl sites for hydroxylation is 2. The number of hydrogen-bond donors (Lipinski definition) is 1. The van der Waals surface area contributed by atoms with Crippen molar-refractivity contribution in [3.63, 3.8) is 0 Å². The summed E-state index contributed by atoms with van der Waals surface area (Å²) >= 11 is 18.0. The first-order valence-electron chi connectivity index (χ1n) is 6.18. The summed E-state index contributed by atoms with van der Waals surface area (Å²) in [5, 5.41) is 16.0. The van der Waals surface area contributed by atoms with Gasteiger partial charge in [0.2, 0.25) is 0 Å². The Morgan fingerprint density at radius 3 is 2.45 bits per heavy atom. The number of hydrogen-bond acceptors (Lipinski definition) is 2. The molecule has 2 rings (SSSR count). The van der Waals surface area contributed by atoms with E-state index >= 15 is 0 Å². The van der Waals surface area contributed by atoms with Gasteiger partial charge in [0.25, 0.3) is 0 Å². The van der Waals surface area contributed by atoms with Crippen LogP contribution < -0.4 is 0 Å². The van der Waals surface area contributed by atoms with E-state index in [0.717, 1.165) is 16.8 Å². The molecule has 1 atom stereocenters. The van der Waals surface area contributed by atoms with Crippen LogP contribution in [0, 0.1) is 6.92 Å². The molecule has 20 heavy (non-hydrogen) atoms. The smallest absolute Gasteiger partial charge is 0.130 e. The molecule has 0 saturated carbocycles. The minimum absolute atomic E-state index is 0.457. The Labute approximate surface area is 133 Å². The average Bonchev–Trinajstić information content (AvgIpc) is 2.61. The van der Waals surface area contributed by atoms with Crippen molar-refractivity contribution in [3.05, 3.63) is 50.2 Å². The van der Waals surface area contributed by atoms with Crippen molar-refractivity contribution in [3.8, 4) is 0 Å². The highest BCUT2D eigenvalue weighted by atomic mass is 35.5. The van der Waals surface area contributed by atoms with Gasteiger partial charge in [-0.1, -0.05) is 40.9 Å². The van der Waals surface area contributed by atoms with Crippen LogP contribution in [0.4, 0.5) is 0 Å². The molecule has 0 aliphatic heterocycles. The molecular weight excluding hydrogens is 319 g/mol. The van der Waals surface area contributed by atoms with E-state index in [4.69, 9.17) is 34.8 Å². The molecular formula is C14H15Cl3N2O. The number of nitrogens with zero attached hydrogens (tertiary/aromatic N) is 2. The van der Waals surface area contributed by atoms with Crippen molar-refractivity contribution in [1.29, 1.82) is 0 Å². The van der Waals surface area contributed by atoms with Crippen LogP contribution in [0.3, 0.4) is 0 Å². The van der Waals surface area contributed by atoms with Crippen LogP contribution in [0.25, 0.3) is 0 Å². The summed E-state index contributed by atoms with van der Waals surface area (Å²) in [5.74, 6) is 0. The van der Waals surface area contributed by atoms with Crippen molar-refractivity contribution in [1.82, 2.24) is 9.78 Å². The molecule has 0 saturated heterocycles. The summed E-state index contributed by atoms with van der Waals surface area (Å²) < 4.78 is 1.61. The average molecular weight is 334 g/mol. The summed E-state index contributed by atoms with van der Waals surface area (Å²) in [6, 6.07) is 5.36. The lowest BCUT2D eigenvalue weighted by molar-refractivity contribution is 0.175. The second kappa shape index (κ2) is 6.35. The van der Waals surface area contributed by atoms with E-state index in [1.165, 1.54) is 0 Å². The Morgan fingerprint density at radius 1 is 1.20 bits per heavy atom. The van der Waals surface area contributed by atoms with Crippen LogP contribution >= 0.6 is 34.8 Å². The predicted octanol–water partition coefficient (Wildman–Crippen LogP) is 3.83. The molecule has 0 fully saturated rings. The Kier molecular flexibility index (Phi) is 4.97. The van der Waals surface area contributed by atoms with Crippen LogP contribution in [0.1, 0.15) is 16.8 Å². The van der Waals surface area contributed by atoms with E-state index in [9.17, 15) is 5.11 Å². The van der Waals surface area contributed by atoms with Gasteiger partial charge in [-0.25, -0.2) is 0 Å². The maximum atomic E-state index is 10.2.